The summed E-state index contributed by atoms with van der Waals surface area (Å²) in [6.07, 6.45) is -4.86. The lowest BCUT2D eigenvalue weighted by Crippen LogP contribution is -2.36. The fourth-order valence-corrected chi connectivity index (χ4v) is 3.07. The molecule has 0 N–H and O–H groups in total. The first kappa shape index (κ1) is 15.9. The number of methoxy groups -OCH3 is 1. The third-order valence-electron chi connectivity index (χ3n) is 4.24. The number of likely N-dealkylation sites (N-methyl/N-ethyl adjacent to an activating group) is 1. The Kier molecular flexibility index (Phi) is 3.87. The van der Waals surface area contributed by atoms with Crippen LogP contribution in [0.1, 0.15) is 23.6 Å². The first-order valence-corrected chi connectivity index (χ1v) is 7.12. The predicted molar refractivity (Wildman–Crippen MR) is 73.9 cm³/mol. The Balaban J connectivity index is 2.05. The number of fused-ring (bicyclic) bond motifs is 2. The van der Waals surface area contributed by atoms with Crippen LogP contribution in [0.3, 0.4) is 0 Å². The van der Waals surface area contributed by atoms with Gasteiger partial charge < -0.3 is 14.2 Å². The number of hydrogen-bond acceptors (Lipinski definition) is 5. The summed E-state index contributed by atoms with van der Waals surface area (Å²) in [7, 11) is 3.12. The Hall–Kier alpha value is -1.96. The van der Waals surface area contributed by atoms with Crippen LogP contribution in [0.2, 0.25) is 0 Å². The van der Waals surface area contributed by atoms with Gasteiger partial charge in [0.25, 0.3) is 0 Å². The fraction of sp³-hybridized carbons (Fsp3) is 0.533. The fourth-order valence-electron chi connectivity index (χ4n) is 3.07. The van der Waals surface area contributed by atoms with Crippen LogP contribution in [-0.2, 0) is 11.2 Å². The number of hydrogen-bond donors (Lipinski definition) is 0. The molecular weight excluding hydrogens is 315 g/mol. The number of nitrogens with zero attached hydrogens (tertiary/aromatic N) is 1. The number of Topliss-reactive ketones (excluding diaryl/α,β-unsaturated/α-hetero) is 1. The molecule has 3 rings (SSSR count). The Bertz CT molecular complexity index is 645. The maximum atomic E-state index is 12.7. The molecule has 0 fully saturated rings. The topological polar surface area (TPSA) is 48.0 Å². The molecule has 126 valence electrons. The molecule has 0 saturated heterocycles. The van der Waals surface area contributed by atoms with Crippen molar-refractivity contribution in [3.05, 3.63) is 17.2 Å². The summed E-state index contributed by atoms with van der Waals surface area (Å²) in [5, 5.41) is 0. The first-order chi connectivity index (χ1) is 10.8. The maximum absolute atomic E-state index is 12.7. The van der Waals surface area contributed by atoms with Gasteiger partial charge in [-0.15, -0.1) is 0 Å². The van der Waals surface area contributed by atoms with Crippen LogP contribution in [0.15, 0.2) is 6.07 Å². The minimum Gasteiger partial charge on any atom is -0.492 e. The van der Waals surface area contributed by atoms with Gasteiger partial charge in [-0.05, 0) is 25.1 Å². The molecule has 1 aromatic carbocycles. The summed E-state index contributed by atoms with van der Waals surface area (Å²) < 4.78 is 54.1. The number of carbonyl (C=O) groups excluding carboxylic acids is 1. The van der Waals surface area contributed by atoms with Gasteiger partial charge in [-0.3, -0.25) is 9.69 Å². The summed E-state index contributed by atoms with van der Waals surface area (Å²) >= 11 is 0. The molecule has 1 aromatic rings. The van der Waals surface area contributed by atoms with Crippen LogP contribution in [0.5, 0.6) is 17.2 Å². The highest BCUT2D eigenvalue weighted by Crippen LogP contribution is 2.50. The molecule has 2 aliphatic rings. The molecule has 0 spiro atoms. The second-order valence-corrected chi connectivity index (χ2v) is 5.59. The molecular formula is C15H16F3NO4. The molecule has 23 heavy (non-hydrogen) atoms. The van der Waals surface area contributed by atoms with E-state index in [-0.39, 0.29) is 6.79 Å². The lowest BCUT2D eigenvalue weighted by atomic mass is 9.88. The van der Waals surface area contributed by atoms with Gasteiger partial charge in [0.05, 0.1) is 7.11 Å². The number of rotatable bonds is 3. The third-order valence-corrected chi connectivity index (χ3v) is 4.24. The van der Waals surface area contributed by atoms with Crippen LogP contribution in [0.25, 0.3) is 0 Å². The predicted octanol–water partition coefficient (Wildman–Crippen LogP) is 2.47. The molecule has 2 heterocycles. The molecule has 0 bridgehead atoms. The molecule has 0 aliphatic carbocycles. The largest absolute Gasteiger partial charge is 0.492 e. The zero-order chi connectivity index (χ0) is 16.8. The van der Waals surface area contributed by atoms with E-state index in [0.29, 0.717) is 35.8 Å². The summed E-state index contributed by atoms with van der Waals surface area (Å²) in [6.45, 7) is 0.585. The molecule has 1 unspecified atom stereocenters. The van der Waals surface area contributed by atoms with Gasteiger partial charge in [-0.2, -0.15) is 13.2 Å². The van der Waals surface area contributed by atoms with E-state index in [1.807, 2.05) is 0 Å². The van der Waals surface area contributed by atoms with E-state index in [0.717, 1.165) is 5.56 Å². The Labute approximate surface area is 130 Å². The van der Waals surface area contributed by atoms with Crippen LogP contribution >= 0.6 is 0 Å². The second-order valence-electron chi connectivity index (χ2n) is 5.59. The zero-order valence-corrected chi connectivity index (χ0v) is 12.7. The molecule has 1 atom stereocenters. The summed E-state index contributed by atoms with van der Waals surface area (Å²) in [5.74, 6) is -0.500. The summed E-state index contributed by atoms with van der Waals surface area (Å²) in [6, 6.07) is 1.05. The van der Waals surface area contributed by atoms with E-state index in [1.165, 1.54) is 7.11 Å². The highest BCUT2D eigenvalue weighted by molar-refractivity contribution is 5.85. The van der Waals surface area contributed by atoms with Gasteiger partial charge in [0.2, 0.25) is 18.3 Å². The van der Waals surface area contributed by atoms with Crippen molar-refractivity contribution in [2.75, 3.05) is 27.5 Å². The van der Waals surface area contributed by atoms with Gasteiger partial charge in [0.1, 0.15) is 0 Å². The molecule has 5 nitrogen and oxygen atoms in total. The van der Waals surface area contributed by atoms with Gasteiger partial charge in [0.15, 0.2) is 11.5 Å². The summed E-state index contributed by atoms with van der Waals surface area (Å²) in [5.41, 5.74) is 1.40. The van der Waals surface area contributed by atoms with Crippen molar-refractivity contribution in [3.8, 4) is 17.2 Å². The normalized spacial score (nSPS) is 20.3. The highest BCUT2D eigenvalue weighted by Gasteiger charge is 2.42. The van der Waals surface area contributed by atoms with Gasteiger partial charge in [-0.25, -0.2) is 0 Å². The average Bonchev–Trinajstić information content (AvgIpc) is 2.94. The van der Waals surface area contributed by atoms with Crippen molar-refractivity contribution < 1.29 is 32.2 Å². The molecule has 0 amide bonds. The number of ketones is 1. The third kappa shape index (κ3) is 2.71. The molecule has 8 heteroatoms. The van der Waals surface area contributed by atoms with Crippen molar-refractivity contribution in [2.45, 2.75) is 25.1 Å². The van der Waals surface area contributed by atoms with Crippen molar-refractivity contribution in [1.29, 1.82) is 0 Å². The minimum absolute atomic E-state index is 0.0383. The van der Waals surface area contributed by atoms with Crippen LogP contribution < -0.4 is 14.2 Å². The number of alkyl halides is 3. The zero-order valence-electron chi connectivity index (χ0n) is 12.7. The van der Waals surface area contributed by atoms with Crippen LogP contribution in [0, 0.1) is 0 Å². The number of benzene rings is 1. The smallest absolute Gasteiger partial charge is 0.450 e. The Morgan fingerprint density at radius 1 is 1.43 bits per heavy atom. The molecule has 2 aliphatic heterocycles. The van der Waals surface area contributed by atoms with E-state index >= 15 is 0 Å². The lowest BCUT2D eigenvalue weighted by molar-refractivity contribution is -0.172. The molecule has 0 saturated carbocycles. The molecule has 0 aromatic heterocycles. The molecule has 0 radical (unpaired) electrons. The quantitative estimate of drug-likeness (QED) is 0.852. The van der Waals surface area contributed by atoms with Crippen LogP contribution in [-0.4, -0.2) is 44.4 Å². The average molecular weight is 331 g/mol. The Morgan fingerprint density at radius 2 is 2.17 bits per heavy atom. The summed E-state index contributed by atoms with van der Waals surface area (Å²) in [4.78, 5) is 13.2. The Morgan fingerprint density at radius 3 is 2.83 bits per heavy atom. The van der Waals surface area contributed by atoms with Crippen molar-refractivity contribution in [2.24, 2.45) is 0 Å². The van der Waals surface area contributed by atoms with Crippen molar-refractivity contribution in [1.82, 2.24) is 4.90 Å². The standard InChI is InChI=1S/C15H16F3NO4/c1-19-4-3-8-5-10-13(23-7-22-10)14(21-2)12(8)9(19)6-11(20)15(16,17)18/h5,9H,3-4,6-7H2,1-2H3. The number of carbonyl (C=O) groups is 1. The second kappa shape index (κ2) is 5.59. The van der Waals surface area contributed by atoms with Gasteiger partial charge >= 0.3 is 6.18 Å². The van der Waals surface area contributed by atoms with E-state index in [1.54, 1.807) is 18.0 Å². The number of halogens is 3. The van der Waals surface area contributed by atoms with E-state index in [4.69, 9.17) is 14.2 Å². The van der Waals surface area contributed by atoms with E-state index in [9.17, 15) is 18.0 Å². The van der Waals surface area contributed by atoms with Crippen molar-refractivity contribution in [3.63, 3.8) is 0 Å². The van der Waals surface area contributed by atoms with E-state index in [2.05, 4.69) is 0 Å². The van der Waals surface area contributed by atoms with Gasteiger partial charge in [-0.1, -0.05) is 0 Å². The maximum Gasteiger partial charge on any atom is 0.450 e. The van der Waals surface area contributed by atoms with Crippen molar-refractivity contribution >= 4 is 5.78 Å². The van der Waals surface area contributed by atoms with E-state index < -0.39 is 24.4 Å². The SMILES string of the molecule is COc1c2c(cc3c1C(CC(=O)C(F)(F)F)N(C)CC3)OCO2. The first-order valence-electron chi connectivity index (χ1n) is 7.12. The highest BCUT2D eigenvalue weighted by atomic mass is 19.4. The minimum atomic E-state index is -4.85. The van der Waals surface area contributed by atoms with Crippen LogP contribution in [0.4, 0.5) is 13.2 Å². The number of ether oxygens (including phenoxy) is 3. The lowest BCUT2D eigenvalue weighted by Gasteiger charge is -2.35. The van der Waals surface area contributed by atoms with Gasteiger partial charge in [0, 0.05) is 24.6 Å². The monoisotopic (exact) mass is 331 g/mol.